The second kappa shape index (κ2) is 7.68. The van der Waals surface area contributed by atoms with Crippen LogP contribution in [0.15, 0.2) is 58.1 Å². The molecule has 156 valence electrons. The number of nitrogens with one attached hydrogen (secondary N) is 4. The Morgan fingerprint density at radius 2 is 2.10 bits per heavy atom. The van der Waals surface area contributed by atoms with Crippen molar-refractivity contribution in [2.75, 3.05) is 11.9 Å². The smallest absolute Gasteiger partial charge is 0.261 e. The molecule has 0 saturated carbocycles. The Morgan fingerprint density at radius 1 is 1.23 bits per heavy atom. The van der Waals surface area contributed by atoms with E-state index in [2.05, 4.69) is 41.4 Å². The Morgan fingerprint density at radius 3 is 2.94 bits per heavy atom. The first-order chi connectivity index (χ1) is 15.0. The number of pyridine rings is 1. The van der Waals surface area contributed by atoms with Crippen molar-refractivity contribution >= 4 is 43.6 Å². The summed E-state index contributed by atoms with van der Waals surface area (Å²) in [5, 5.41) is 21.8. The third kappa shape index (κ3) is 3.51. The van der Waals surface area contributed by atoms with Crippen LogP contribution in [0.25, 0.3) is 33.3 Å². The molecule has 0 unspecified atom stereocenters. The number of benzene rings is 2. The molecule has 0 spiro atoms. The van der Waals surface area contributed by atoms with Crippen LogP contribution in [0.4, 0.5) is 5.69 Å². The number of aliphatic hydroxyl groups is 1. The number of aromatic amines is 3. The van der Waals surface area contributed by atoms with Gasteiger partial charge in [0, 0.05) is 22.6 Å². The van der Waals surface area contributed by atoms with Crippen LogP contribution >= 0.6 is 15.9 Å². The molecule has 5 N–H and O–H groups in total. The Bertz CT molecular complexity index is 1470. The monoisotopic (exact) mass is 478 g/mol. The number of aryl methyl sites for hydroxylation is 1. The number of nitrogens with zero attached hydrogens (tertiary/aromatic N) is 2. The summed E-state index contributed by atoms with van der Waals surface area (Å²) in [4.78, 5) is 23.4. The van der Waals surface area contributed by atoms with E-state index in [4.69, 9.17) is 4.98 Å². The number of aliphatic hydroxyl groups excluding tert-OH is 1. The minimum Gasteiger partial charge on any atom is -0.387 e. The van der Waals surface area contributed by atoms with Crippen molar-refractivity contribution in [1.29, 1.82) is 0 Å². The van der Waals surface area contributed by atoms with Gasteiger partial charge in [0.05, 0.1) is 34.5 Å². The first-order valence-electron chi connectivity index (χ1n) is 9.73. The molecule has 0 aliphatic heterocycles. The van der Waals surface area contributed by atoms with Crippen LogP contribution < -0.4 is 10.9 Å². The fourth-order valence-electron chi connectivity index (χ4n) is 3.77. The van der Waals surface area contributed by atoms with E-state index in [-0.39, 0.29) is 12.1 Å². The highest BCUT2D eigenvalue weighted by molar-refractivity contribution is 9.10. The van der Waals surface area contributed by atoms with Gasteiger partial charge in [-0.25, -0.2) is 4.98 Å². The normalized spacial score (nSPS) is 12.5. The van der Waals surface area contributed by atoms with Gasteiger partial charge in [-0.05, 0) is 42.3 Å². The average molecular weight is 479 g/mol. The summed E-state index contributed by atoms with van der Waals surface area (Å²) < 4.78 is 0.893. The first kappa shape index (κ1) is 19.5. The molecule has 0 bridgehead atoms. The third-order valence-corrected chi connectivity index (χ3v) is 5.86. The maximum atomic E-state index is 12.7. The van der Waals surface area contributed by atoms with Gasteiger partial charge in [-0.15, -0.1) is 0 Å². The molecule has 31 heavy (non-hydrogen) atoms. The highest BCUT2D eigenvalue weighted by Crippen LogP contribution is 2.29. The quantitative estimate of drug-likeness (QED) is 0.261. The van der Waals surface area contributed by atoms with Crippen LogP contribution in [0.3, 0.4) is 0 Å². The van der Waals surface area contributed by atoms with Crippen molar-refractivity contribution in [1.82, 2.24) is 25.1 Å². The van der Waals surface area contributed by atoms with E-state index < -0.39 is 6.10 Å². The van der Waals surface area contributed by atoms with Gasteiger partial charge < -0.3 is 20.4 Å². The van der Waals surface area contributed by atoms with E-state index in [0.717, 1.165) is 37.5 Å². The van der Waals surface area contributed by atoms with Gasteiger partial charge in [0.1, 0.15) is 11.4 Å². The summed E-state index contributed by atoms with van der Waals surface area (Å²) in [7, 11) is 0. The topological polar surface area (TPSA) is 122 Å². The minimum absolute atomic E-state index is 0.237. The third-order valence-electron chi connectivity index (χ3n) is 5.37. The zero-order valence-corrected chi connectivity index (χ0v) is 18.1. The molecule has 3 heterocycles. The van der Waals surface area contributed by atoms with E-state index in [0.29, 0.717) is 17.1 Å². The lowest BCUT2D eigenvalue weighted by molar-refractivity contribution is 0.191. The SMILES string of the molecule is Cc1c2cn[nH]c2cc2[nH]c(-c3c(NC[C@H](O)c4cccc(Br)c4)cc[nH]c3=O)nc12. The first-order valence-corrected chi connectivity index (χ1v) is 10.5. The zero-order chi connectivity index (χ0) is 21.5. The number of imidazole rings is 1. The van der Waals surface area contributed by atoms with Crippen molar-refractivity contribution in [2.45, 2.75) is 13.0 Å². The fourth-order valence-corrected chi connectivity index (χ4v) is 4.19. The molecular formula is C22H19BrN6O2. The van der Waals surface area contributed by atoms with E-state index in [1.807, 2.05) is 37.3 Å². The molecule has 0 saturated heterocycles. The molecule has 3 aromatic heterocycles. The molecule has 0 aliphatic rings. The number of H-pyrrole nitrogens is 3. The molecular weight excluding hydrogens is 460 g/mol. The molecule has 9 heteroatoms. The Kier molecular flexibility index (Phi) is 4.84. The largest absolute Gasteiger partial charge is 0.387 e. The highest BCUT2D eigenvalue weighted by atomic mass is 79.9. The summed E-state index contributed by atoms with van der Waals surface area (Å²) in [6, 6.07) is 11.2. The van der Waals surface area contributed by atoms with Gasteiger partial charge in [0.15, 0.2) is 0 Å². The maximum absolute atomic E-state index is 12.7. The molecule has 0 amide bonds. The summed E-state index contributed by atoms with van der Waals surface area (Å²) in [6.07, 6.45) is 2.60. The van der Waals surface area contributed by atoms with Gasteiger partial charge in [0.25, 0.3) is 5.56 Å². The summed E-state index contributed by atoms with van der Waals surface area (Å²) >= 11 is 3.42. The maximum Gasteiger partial charge on any atom is 0.261 e. The second-order valence-electron chi connectivity index (χ2n) is 7.36. The Balaban J connectivity index is 1.51. The number of fused-ring (bicyclic) bond motifs is 2. The fraction of sp³-hybridized carbons (Fsp3) is 0.136. The lowest BCUT2D eigenvalue weighted by Gasteiger charge is -2.15. The number of aromatic nitrogens is 5. The molecule has 8 nitrogen and oxygen atoms in total. The van der Waals surface area contributed by atoms with Crippen molar-refractivity contribution in [3.05, 3.63) is 74.7 Å². The predicted octanol–water partition coefficient (Wildman–Crippen LogP) is 4.01. The van der Waals surface area contributed by atoms with E-state index in [9.17, 15) is 9.90 Å². The molecule has 2 aromatic carbocycles. The summed E-state index contributed by atoms with van der Waals surface area (Å²) in [6.45, 7) is 2.22. The molecule has 5 rings (SSSR count). The van der Waals surface area contributed by atoms with Crippen molar-refractivity contribution in [3.63, 3.8) is 0 Å². The average Bonchev–Trinajstić information content (AvgIpc) is 3.39. The van der Waals surface area contributed by atoms with E-state index >= 15 is 0 Å². The second-order valence-corrected chi connectivity index (χ2v) is 8.28. The zero-order valence-electron chi connectivity index (χ0n) is 16.5. The van der Waals surface area contributed by atoms with Gasteiger partial charge >= 0.3 is 0 Å². The summed E-state index contributed by atoms with van der Waals surface area (Å²) in [5.41, 5.74) is 4.96. The number of halogens is 1. The van der Waals surface area contributed by atoms with Crippen LogP contribution in [-0.2, 0) is 0 Å². The highest BCUT2D eigenvalue weighted by Gasteiger charge is 2.17. The number of anilines is 1. The van der Waals surface area contributed by atoms with E-state index in [1.165, 1.54) is 0 Å². The Hall–Kier alpha value is -3.43. The minimum atomic E-state index is -0.740. The lowest BCUT2D eigenvalue weighted by Crippen LogP contribution is -2.17. The van der Waals surface area contributed by atoms with Crippen LogP contribution in [0.2, 0.25) is 0 Å². The van der Waals surface area contributed by atoms with Crippen LogP contribution in [0, 0.1) is 6.92 Å². The molecule has 0 fully saturated rings. The molecule has 0 aliphatic carbocycles. The number of hydrogen-bond acceptors (Lipinski definition) is 5. The van der Waals surface area contributed by atoms with E-state index in [1.54, 1.807) is 18.5 Å². The lowest BCUT2D eigenvalue weighted by atomic mass is 10.1. The van der Waals surface area contributed by atoms with Gasteiger partial charge in [0.2, 0.25) is 0 Å². The van der Waals surface area contributed by atoms with Gasteiger partial charge in [-0.1, -0.05) is 28.1 Å². The molecule has 1 atom stereocenters. The van der Waals surface area contributed by atoms with Crippen molar-refractivity contribution < 1.29 is 5.11 Å². The summed E-state index contributed by atoms with van der Waals surface area (Å²) in [5.74, 6) is 0.458. The number of rotatable bonds is 5. The molecule has 5 aromatic rings. The standard InChI is InChI=1S/C22H19BrN6O2/c1-11-14-9-26-29-16(14)8-17-20(11)28-21(27-17)19-15(5-6-24-22(19)31)25-10-18(30)12-3-2-4-13(23)7-12/h2-9,18,30H,10H2,1H3,(H,26,29)(H,27,28)(H2,24,25,31)/t18-/m0/s1. The predicted molar refractivity (Wildman–Crippen MR) is 124 cm³/mol. The van der Waals surface area contributed by atoms with Gasteiger partial charge in [-0.3, -0.25) is 9.89 Å². The number of hydrogen-bond donors (Lipinski definition) is 5. The van der Waals surface area contributed by atoms with Crippen LogP contribution in [0.1, 0.15) is 17.2 Å². The van der Waals surface area contributed by atoms with Crippen molar-refractivity contribution in [2.24, 2.45) is 0 Å². The van der Waals surface area contributed by atoms with Crippen LogP contribution in [0.5, 0.6) is 0 Å². The Labute approximate surface area is 184 Å². The molecule has 0 radical (unpaired) electrons. The van der Waals surface area contributed by atoms with Crippen molar-refractivity contribution in [3.8, 4) is 11.4 Å². The van der Waals surface area contributed by atoms with Gasteiger partial charge in [-0.2, -0.15) is 5.10 Å². The van der Waals surface area contributed by atoms with Crippen LogP contribution in [-0.4, -0.2) is 36.8 Å².